The summed E-state index contributed by atoms with van der Waals surface area (Å²) in [4.78, 5) is 24.5. The van der Waals surface area contributed by atoms with Gasteiger partial charge in [0.15, 0.2) is 0 Å². The summed E-state index contributed by atoms with van der Waals surface area (Å²) in [7, 11) is 0. The number of amides is 2. The number of hydrogen-bond acceptors (Lipinski definition) is 3. The molecule has 1 fully saturated rings. The van der Waals surface area contributed by atoms with E-state index in [1.807, 2.05) is 0 Å². The Balaban J connectivity index is 1.97. The Morgan fingerprint density at radius 2 is 2.14 bits per heavy atom. The van der Waals surface area contributed by atoms with Crippen LogP contribution < -0.4 is 5.32 Å². The molecule has 0 radical (unpaired) electrons. The zero-order valence-electron chi connectivity index (χ0n) is 12.6. The lowest BCUT2D eigenvalue weighted by atomic mass is 9.88. The number of halogens is 1. The van der Waals surface area contributed by atoms with Gasteiger partial charge < -0.3 is 15.3 Å². The number of carbonyl (C=O) groups excluding carboxylic acids is 2. The maximum atomic E-state index is 13.7. The van der Waals surface area contributed by atoms with Gasteiger partial charge in [0.25, 0.3) is 0 Å². The Morgan fingerprint density at radius 3 is 2.82 bits per heavy atom. The molecule has 0 saturated carbocycles. The van der Waals surface area contributed by atoms with Crippen molar-refractivity contribution >= 4 is 11.8 Å². The normalized spacial score (nSPS) is 21.5. The van der Waals surface area contributed by atoms with E-state index in [4.69, 9.17) is 0 Å². The van der Waals surface area contributed by atoms with Crippen LogP contribution in [-0.2, 0) is 16.0 Å². The van der Waals surface area contributed by atoms with Crippen molar-refractivity contribution in [3.63, 3.8) is 0 Å². The minimum absolute atomic E-state index is 0.0438. The van der Waals surface area contributed by atoms with Crippen LogP contribution in [0.1, 0.15) is 18.9 Å². The summed E-state index contributed by atoms with van der Waals surface area (Å²) < 4.78 is 13.7. The Morgan fingerprint density at radius 1 is 1.41 bits per heavy atom. The van der Waals surface area contributed by atoms with Gasteiger partial charge in [-0.1, -0.05) is 18.2 Å². The molecule has 2 rings (SSSR count). The molecule has 0 aliphatic carbocycles. The molecule has 1 aliphatic rings. The average Bonchev–Trinajstić information content (AvgIpc) is 2.49. The third-order valence-electron chi connectivity index (χ3n) is 3.98. The molecule has 1 heterocycles. The third kappa shape index (κ3) is 4.27. The lowest BCUT2D eigenvalue weighted by Gasteiger charge is -2.36. The first-order valence-electron chi connectivity index (χ1n) is 7.41. The topological polar surface area (TPSA) is 69.6 Å². The standard InChI is InChI=1S/C16H21FN2O3/c1-11(20)18-9-16(22)19-7-6-15(21)13(10-19)8-12-4-2-3-5-14(12)17/h2-5,13,15,21H,6-10H2,1H3,(H,18,20)/t13-,15+/m1/s1. The third-order valence-corrected chi connectivity index (χ3v) is 3.98. The van der Waals surface area contributed by atoms with Gasteiger partial charge >= 0.3 is 0 Å². The van der Waals surface area contributed by atoms with Crippen molar-refractivity contribution in [3.8, 4) is 0 Å². The fraction of sp³-hybridized carbons (Fsp3) is 0.500. The molecule has 22 heavy (non-hydrogen) atoms. The molecule has 1 aromatic carbocycles. The fourth-order valence-electron chi connectivity index (χ4n) is 2.71. The monoisotopic (exact) mass is 308 g/mol. The summed E-state index contributed by atoms with van der Waals surface area (Å²) >= 11 is 0. The van der Waals surface area contributed by atoms with Crippen molar-refractivity contribution in [2.75, 3.05) is 19.6 Å². The number of nitrogens with one attached hydrogen (secondary N) is 1. The highest BCUT2D eigenvalue weighted by molar-refractivity contribution is 5.83. The summed E-state index contributed by atoms with van der Waals surface area (Å²) in [5.41, 5.74) is 0.544. The number of benzene rings is 1. The van der Waals surface area contributed by atoms with Gasteiger partial charge in [-0.3, -0.25) is 9.59 Å². The summed E-state index contributed by atoms with van der Waals surface area (Å²) in [5, 5.41) is 12.6. The molecule has 2 N–H and O–H groups in total. The maximum absolute atomic E-state index is 13.7. The van der Waals surface area contributed by atoms with Gasteiger partial charge in [-0.2, -0.15) is 0 Å². The molecule has 1 saturated heterocycles. The van der Waals surface area contributed by atoms with Gasteiger partial charge in [-0.25, -0.2) is 4.39 Å². The van der Waals surface area contributed by atoms with Gasteiger partial charge in [-0.05, 0) is 24.5 Å². The summed E-state index contributed by atoms with van der Waals surface area (Å²) in [6.45, 7) is 2.13. The highest BCUT2D eigenvalue weighted by Crippen LogP contribution is 2.22. The summed E-state index contributed by atoms with van der Waals surface area (Å²) in [6.07, 6.45) is 0.298. The van der Waals surface area contributed by atoms with Crippen molar-refractivity contribution < 1.29 is 19.1 Å². The Bertz CT molecular complexity index is 550. The smallest absolute Gasteiger partial charge is 0.241 e. The van der Waals surface area contributed by atoms with Crippen LogP contribution in [0.5, 0.6) is 0 Å². The van der Waals surface area contributed by atoms with E-state index in [0.29, 0.717) is 31.5 Å². The minimum atomic E-state index is -0.551. The maximum Gasteiger partial charge on any atom is 0.241 e. The first-order chi connectivity index (χ1) is 10.5. The van der Waals surface area contributed by atoms with Crippen LogP contribution >= 0.6 is 0 Å². The van der Waals surface area contributed by atoms with E-state index in [1.165, 1.54) is 13.0 Å². The SMILES string of the molecule is CC(=O)NCC(=O)N1CC[C@H](O)[C@H](Cc2ccccc2F)C1. The van der Waals surface area contributed by atoms with Crippen molar-refractivity contribution in [3.05, 3.63) is 35.6 Å². The van der Waals surface area contributed by atoms with E-state index in [0.717, 1.165) is 0 Å². The van der Waals surface area contributed by atoms with Crippen LogP contribution in [0, 0.1) is 11.7 Å². The highest BCUT2D eigenvalue weighted by Gasteiger charge is 2.30. The molecular weight excluding hydrogens is 287 g/mol. The number of likely N-dealkylation sites (tertiary alicyclic amines) is 1. The Kier molecular flexibility index (Phi) is 5.49. The summed E-state index contributed by atoms with van der Waals surface area (Å²) in [6, 6.07) is 6.47. The number of aliphatic hydroxyl groups excluding tert-OH is 1. The molecule has 120 valence electrons. The fourth-order valence-corrected chi connectivity index (χ4v) is 2.71. The molecule has 2 amide bonds. The lowest BCUT2D eigenvalue weighted by Crippen LogP contribution is -2.49. The molecule has 0 spiro atoms. The number of rotatable bonds is 4. The Labute approximate surface area is 129 Å². The van der Waals surface area contributed by atoms with E-state index >= 15 is 0 Å². The molecule has 2 atom stereocenters. The zero-order chi connectivity index (χ0) is 16.1. The van der Waals surface area contributed by atoms with E-state index in [2.05, 4.69) is 5.32 Å². The van der Waals surface area contributed by atoms with E-state index in [1.54, 1.807) is 23.1 Å². The Hall–Kier alpha value is -1.95. The lowest BCUT2D eigenvalue weighted by molar-refractivity contribution is -0.135. The van der Waals surface area contributed by atoms with Gasteiger partial charge in [0.1, 0.15) is 5.82 Å². The molecule has 1 aliphatic heterocycles. The number of piperidine rings is 1. The van der Waals surface area contributed by atoms with Crippen LogP contribution in [0.15, 0.2) is 24.3 Å². The molecular formula is C16H21FN2O3. The van der Waals surface area contributed by atoms with Crippen LogP contribution in [-0.4, -0.2) is 47.6 Å². The first kappa shape index (κ1) is 16.4. The van der Waals surface area contributed by atoms with Gasteiger partial charge in [0.2, 0.25) is 11.8 Å². The predicted octanol–water partition coefficient (Wildman–Crippen LogP) is 0.714. The molecule has 1 aromatic rings. The first-order valence-corrected chi connectivity index (χ1v) is 7.41. The summed E-state index contributed by atoms with van der Waals surface area (Å²) in [5.74, 6) is -0.933. The number of hydrogen-bond donors (Lipinski definition) is 2. The van der Waals surface area contributed by atoms with Crippen LogP contribution in [0.25, 0.3) is 0 Å². The quantitative estimate of drug-likeness (QED) is 0.861. The molecule has 6 heteroatoms. The van der Waals surface area contributed by atoms with Crippen LogP contribution in [0.2, 0.25) is 0 Å². The number of aliphatic hydroxyl groups is 1. The molecule has 5 nitrogen and oxygen atoms in total. The second-order valence-corrected chi connectivity index (χ2v) is 5.66. The van der Waals surface area contributed by atoms with Crippen molar-refractivity contribution in [1.29, 1.82) is 0 Å². The average molecular weight is 308 g/mol. The van der Waals surface area contributed by atoms with Crippen molar-refractivity contribution in [2.45, 2.75) is 25.9 Å². The minimum Gasteiger partial charge on any atom is -0.393 e. The largest absolute Gasteiger partial charge is 0.393 e. The van der Waals surface area contributed by atoms with E-state index in [9.17, 15) is 19.1 Å². The number of nitrogens with zero attached hydrogens (tertiary/aromatic N) is 1. The second kappa shape index (κ2) is 7.35. The van der Waals surface area contributed by atoms with E-state index < -0.39 is 6.10 Å². The van der Waals surface area contributed by atoms with Gasteiger partial charge in [0.05, 0.1) is 12.6 Å². The molecule has 0 bridgehead atoms. The predicted molar refractivity (Wildman–Crippen MR) is 79.5 cm³/mol. The number of carbonyl (C=O) groups is 2. The molecule has 0 aromatic heterocycles. The highest BCUT2D eigenvalue weighted by atomic mass is 19.1. The van der Waals surface area contributed by atoms with Gasteiger partial charge in [-0.15, -0.1) is 0 Å². The van der Waals surface area contributed by atoms with Gasteiger partial charge in [0, 0.05) is 25.9 Å². The van der Waals surface area contributed by atoms with Crippen LogP contribution in [0.3, 0.4) is 0 Å². The van der Waals surface area contributed by atoms with Crippen LogP contribution in [0.4, 0.5) is 4.39 Å². The zero-order valence-corrected chi connectivity index (χ0v) is 12.6. The van der Waals surface area contributed by atoms with E-state index in [-0.39, 0.29) is 30.1 Å². The molecule has 0 unspecified atom stereocenters. The van der Waals surface area contributed by atoms with Crippen molar-refractivity contribution in [1.82, 2.24) is 10.2 Å². The van der Waals surface area contributed by atoms with Crippen molar-refractivity contribution in [2.24, 2.45) is 5.92 Å². The second-order valence-electron chi connectivity index (χ2n) is 5.66.